The van der Waals surface area contributed by atoms with Crippen LogP contribution in [0.5, 0.6) is 0 Å². The van der Waals surface area contributed by atoms with Gasteiger partial charge in [0.1, 0.15) is 0 Å². The lowest BCUT2D eigenvalue weighted by Gasteiger charge is -2.18. The summed E-state index contributed by atoms with van der Waals surface area (Å²) in [4.78, 5) is 13.8. The van der Waals surface area contributed by atoms with Crippen LogP contribution in [0.2, 0.25) is 5.02 Å². The largest absolute Gasteiger partial charge is 0.376 e. The molecule has 1 N–H and O–H groups in total. The van der Waals surface area contributed by atoms with Gasteiger partial charge in [0.15, 0.2) is 0 Å². The van der Waals surface area contributed by atoms with E-state index in [1.54, 1.807) is 6.07 Å². The van der Waals surface area contributed by atoms with E-state index in [1.807, 2.05) is 31.1 Å². The van der Waals surface area contributed by atoms with Crippen molar-refractivity contribution in [1.82, 2.24) is 0 Å². The second kappa shape index (κ2) is 6.64. The second-order valence-corrected chi connectivity index (χ2v) is 5.47. The van der Waals surface area contributed by atoms with E-state index in [0.29, 0.717) is 17.4 Å². The van der Waals surface area contributed by atoms with Crippen LogP contribution in [0.25, 0.3) is 0 Å². The summed E-state index contributed by atoms with van der Waals surface area (Å²) >= 11 is 5.96. The van der Waals surface area contributed by atoms with E-state index in [-0.39, 0.29) is 5.91 Å². The molecule has 3 nitrogen and oxygen atoms in total. The van der Waals surface area contributed by atoms with Crippen molar-refractivity contribution in [2.45, 2.75) is 26.7 Å². The fourth-order valence-corrected chi connectivity index (χ4v) is 1.80. The number of halogens is 1. The maximum atomic E-state index is 11.8. The summed E-state index contributed by atoms with van der Waals surface area (Å²) in [5.74, 6) is 0.567. The Morgan fingerprint density at radius 3 is 2.61 bits per heavy atom. The first-order chi connectivity index (χ1) is 8.40. The van der Waals surface area contributed by atoms with Crippen LogP contribution in [-0.4, -0.2) is 20.0 Å². The number of amides is 1. The van der Waals surface area contributed by atoms with Gasteiger partial charge < -0.3 is 10.2 Å². The highest BCUT2D eigenvalue weighted by Crippen LogP contribution is 2.28. The topological polar surface area (TPSA) is 32.3 Å². The molecule has 0 unspecified atom stereocenters. The van der Waals surface area contributed by atoms with E-state index in [0.717, 1.165) is 17.8 Å². The maximum absolute atomic E-state index is 11.8. The van der Waals surface area contributed by atoms with Gasteiger partial charge in [-0.15, -0.1) is 0 Å². The van der Waals surface area contributed by atoms with Crippen LogP contribution in [0.1, 0.15) is 26.7 Å². The third-order valence-corrected chi connectivity index (χ3v) is 2.90. The summed E-state index contributed by atoms with van der Waals surface area (Å²) in [5, 5.41) is 3.55. The molecule has 0 aliphatic rings. The molecule has 0 fully saturated rings. The molecular formula is C14H21ClN2O. The van der Waals surface area contributed by atoms with Gasteiger partial charge in [-0.3, -0.25) is 4.79 Å². The Morgan fingerprint density at radius 2 is 2.06 bits per heavy atom. The first-order valence-corrected chi connectivity index (χ1v) is 6.54. The number of carbonyl (C=O) groups excluding carboxylic acids is 1. The molecule has 18 heavy (non-hydrogen) atoms. The van der Waals surface area contributed by atoms with Crippen LogP contribution in [0.4, 0.5) is 11.4 Å². The van der Waals surface area contributed by atoms with Crippen molar-refractivity contribution in [2.24, 2.45) is 5.92 Å². The zero-order valence-corrected chi connectivity index (χ0v) is 12.2. The molecule has 0 radical (unpaired) electrons. The van der Waals surface area contributed by atoms with Crippen LogP contribution in [0, 0.1) is 5.92 Å². The molecule has 0 aromatic heterocycles. The summed E-state index contributed by atoms with van der Waals surface area (Å²) in [6.45, 7) is 4.22. The van der Waals surface area contributed by atoms with Crippen molar-refractivity contribution in [3.8, 4) is 0 Å². The van der Waals surface area contributed by atoms with Crippen molar-refractivity contribution < 1.29 is 4.79 Å². The highest BCUT2D eigenvalue weighted by molar-refractivity contribution is 6.31. The van der Waals surface area contributed by atoms with E-state index in [2.05, 4.69) is 19.2 Å². The second-order valence-electron chi connectivity index (χ2n) is 5.04. The highest BCUT2D eigenvalue weighted by Gasteiger charge is 2.09. The molecule has 0 aliphatic carbocycles. The SMILES string of the molecule is CC(C)CCC(=O)Nc1cc(Cl)ccc1N(C)C. The predicted molar refractivity (Wildman–Crippen MR) is 78.5 cm³/mol. The van der Waals surface area contributed by atoms with Crippen molar-refractivity contribution in [1.29, 1.82) is 0 Å². The predicted octanol–water partition coefficient (Wildman–Crippen LogP) is 3.78. The lowest BCUT2D eigenvalue weighted by Crippen LogP contribution is -2.16. The Morgan fingerprint density at radius 1 is 1.39 bits per heavy atom. The fourth-order valence-electron chi connectivity index (χ4n) is 1.63. The smallest absolute Gasteiger partial charge is 0.224 e. The summed E-state index contributed by atoms with van der Waals surface area (Å²) < 4.78 is 0. The quantitative estimate of drug-likeness (QED) is 0.881. The van der Waals surface area contributed by atoms with E-state index in [9.17, 15) is 4.79 Å². The first kappa shape index (κ1) is 14.8. The Hall–Kier alpha value is -1.22. The van der Waals surface area contributed by atoms with Gasteiger partial charge in [0.05, 0.1) is 11.4 Å². The number of hydrogen-bond acceptors (Lipinski definition) is 2. The van der Waals surface area contributed by atoms with Gasteiger partial charge in [0.2, 0.25) is 5.91 Å². The van der Waals surface area contributed by atoms with Gasteiger partial charge >= 0.3 is 0 Å². The summed E-state index contributed by atoms with van der Waals surface area (Å²) in [5.41, 5.74) is 1.72. The van der Waals surface area contributed by atoms with E-state index >= 15 is 0 Å². The third kappa shape index (κ3) is 4.57. The highest BCUT2D eigenvalue weighted by atomic mass is 35.5. The molecule has 1 rings (SSSR count). The van der Waals surface area contributed by atoms with Crippen LogP contribution >= 0.6 is 11.6 Å². The molecule has 0 atom stereocenters. The molecule has 0 bridgehead atoms. The molecule has 0 aliphatic heterocycles. The number of hydrogen-bond donors (Lipinski definition) is 1. The Balaban J connectivity index is 2.76. The Kier molecular flexibility index (Phi) is 5.48. The van der Waals surface area contributed by atoms with Crippen molar-refractivity contribution in [3.05, 3.63) is 23.2 Å². The maximum Gasteiger partial charge on any atom is 0.224 e. The average Bonchev–Trinajstić information content (AvgIpc) is 2.26. The standard InChI is InChI=1S/C14H21ClN2O/c1-10(2)5-8-14(18)16-12-9-11(15)6-7-13(12)17(3)4/h6-7,9-10H,5,8H2,1-4H3,(H,16,18). The Labute approximate surface area is 114 Å². The van der Waals surface area contributed by atoms with Crippen LogP contribution < -0.4 is 10.2 Å². The number of nitrogens with zero attached hydrogens (tertiary/aromatic N) is 1. The molecule has 1 amide bonds. The van der Waals surface area contributed by atoms with Crippen molar-refractivity contribution in [3.63, 3.8) is 0 Å². The van der Waals surface area contributed by atoms with Gasteiger partial charge in [0, 0.05) is 25.5 Å². The van der Waals surface area contributed by atoms with Gasteiger partial charge in [0.25, 0.3) is 0 Å². The lowest BCUT2D eigenvalue weighted by atomic mass is 10.1. The van der Waals surface area contributed by atoms with E-state index in [4.69, 9.17) is 11.6 Å². The molecule has 0 saturated carbocycles. The number of rotatable bonds is 5. The molecule has 0 spiro atoms. The van der Waals surface area contributed by atoms with Crippen molar-refractivity contribution in [2.75, 3.05) is 24.3 Å². The molecule has 100 valence electrons. The molecule has 0 heterocycles. The first-order valence-electron chi connectivity index (χ1n) is 6.17. The number of carbonyl (C=O) groups is 1. The zero-order valence-electron chi connectivity index (χ0n) is 11.5. The van der Waals surface area contributed by atoms with E-state index < -0.39 is 0 Å². The zero-order chi connectivity index (χ0) is 13.7. The number of benzene rings is 1. The summed E-state index contributed by atoms with van der Waals surface area (Å²) in [7, 11) is 3.88. The van der Waals surface area contributed by atoms with Crippen molar-refractivity contribution >= 4 is 28.9 Å². The van der Waals surface area contributed by atoms with E-state index in [1.165, 1.54) is 0 Å². The number of anilines is 2. The number of nitrogens with one attached hydrogen (secondary N) is 1. The summed E-state index contributed by atoms with van der Waals surface area (Å²) in [6, 6.07) is 5.51. The molecule has 0 saturated heterocycles. The van der Waals surface area contributed by atoms with Crippen LogP contribution in [0.15, 0.2) is 18.2 Å². The minimum Gasteiger partial charge on any atom is -0.376 e. The fraction of sp³-hybridized carbons (Fsp3) is 0.500. The average molecular weight is 269 g/mol. The van der Waals surface area contributed by atoms with Gasteiger partial charge in [-0.1, -0.05) is 25.4 Å². The van der Waals surface area contributed by atoms with Crippen LogP contribution in [-0.2, 0) is 4.79 Å². The lowest BCUT2D eigenvalue weighted by molar-refractivity contribution is -0.116. The van der Waals surface area contributed by atoms with Crippen LogP contribution in [0.3, 0.4) is 0 Å². The van der Waals surface area contributed by atoms with Gasteiger partial charge in [-0.25, -0.2) is 0 Å². The third-order valence-electron chi connectivity index (χ3n) is 2.66. The molecular weight excluding hydrogens is 248 g/mol. The van der Waals surface area contributed by atoms with Gasteiger partial charge in [-0.05, 0) is 30.5 Å². The van der Waals surface area contributed by atoms with Gasteiger partial charge in [-0.2, -0.15) is 0 Å². The molecule has 1 aromatic carbocycles. The monoisotopic (exact) mass is 268 g/mol. The molecule has 1 aromatic rings. The minimum atomic E-state index is 0.0362. The molecule has 4 heteroatoms. The minimum absolute atomic E-state index is 0.0362. The Bertz CT molecular complexity index is 416. The normalized spacial score (nSPS) is 10.6. The summed E-state index contributed by atoms with van der Waals surface area (Å²) in [6.07, 6.45) is 1.43.